The molecule has 0 atom stereocenters. The zero-order valence-corrected chi connectivity index (χ0v) is 9.12. The van der Waals surface area contributed by atoms with Crippen molar-refractivity contribution in [3.05, 3.63) is 42.0 Å². The molecule has 0 aliphatic carbocycles. The fourth-order valence-electron chi connectivity index (χ4n) is 1.86. The predicted octanol–water partition coefficient (Wildman–Crippen LogP) is 1.19. The van der Waals surface area contributed by atoms with Crippen LogP contribution in [0.4, 0.5) is 0 Å². The number of fused-ring (bicyclic) bond motifs is 1. The lowest BCUT2D eigenvalue weighted by molar-refractivity contribution is -0.872. The number of quaternary nitrogens is 1. The summed E-state index contributed by atoms with van der Waals surface area (Å²) in [7, 11) is 4.17. The van der Waals surface area contributed by atoms with E-state index in [0.717, 1.165) is 17.5 Å². The molecule has 2 heteroatoms. The zero-order valence-electron chi connectivity index (χ0n) is 9.12. The highest BCUT2D eigenvalue weighted by atomic mass is 16.3. The molecule has 0 bridgehead atoms. The molecule has 0 saturated heterocycles. The van der Waals surface area contributed by atoms with E-state index in [9.17, 15) is 5.11 Å². The maximum absolute atomic E-state index is 9.84. The second-order valence-corrected chi connectivity index (χ2v) is 4.17. The van der Waals surface area contributed by atoms with Gasteiger partial charge in [0.1, 0.15) is 12.3 Å². The van der Waals surface area contributed by atoms with Crippen molar-refractivity contribution in [2.45, 2.75) is 6.54 Å². The number of phenolic OH excluding ortho intramolecular Hbond substituents is 1. The largest absolute Gasteiger partial charge is 0.507 e. The minimum atomic E-state index is 0.398. The van der Waals surface area contributed by atoms with Crippen molar-refractivity contribution < 1.29 is 10.0 Å². The van der Waals surface area contributed by atoms with Crippen molar-refractivity contribution >= 4 is 10.8 Å². The number of hydrogen-bond donors (Lipinski definition) is 2. The lowest BCUT2D eigenvalue weighted by atomic mass is 10.0. The Balaban J connectivity index is 2.63. The van der Waals surface area contributed by atoms with E-state index in [1.54, 1.807) is 6.07 Å². The molecule has 0 fully saturated rings. The van der Waals surface area contributed by atoms with Crippen LogP contribution in [0.2, 0.25) is 0 Å². The quantitative estimate of drug-likeness (QED) is 0.751. The third-order valence-corrected chi connectivity index (χ3v) is 2.55. The summed E-state index contributed by atoms with van der Waals surface area (Å²) >= 11 is 0. The number of benzene rings is 2. The number of rotatable bonds is 2. The van der Waals surface area contributed by atoms with Gasteiger partial charge in [-0.3, -0.25) is 0 Å². The standard InChI is InChI=1S/C13H15NO/c1-14(2)9-12-11-6-4-3-5-10(11)7-8-13(12)15/h3-8,15H,9H2,1-2H3/p+1. The van der Waals surface area contributed by atoms with Gasteiger partial charge >= 0.3 is 0 Å². The van der Waals surface area contributed by atoms with Gasteiger partial charge in [0.2, 0.25) is 0 Å². The van der Waals surface area contributed by atoms with Crippen molar-refractivity contribution in [3.63, 3.8) is 0 Å². The molecule has 0 radical (unpaired) electrons. The molecule has 15 heavy (non-hydrogen) atoms. The molecule has 0 aliphatic heterocycles. The summed E-state index contributed by atoms with van der Waals surface area (Å²) in [6, 6.07) is 11.9. The van der Waals surface area contributed by atoms with Crippen LogP contribution in [0.1, 0.15) is 5.56 Å². The van der Waals surface area contributed by atoms with Gasteiger partial charge in [0.15, 0.2) is 0 Å². The number of hydrogen-bond acceptors (Lipinski definition) is 1. The molecule has 2 nitrogen and oxygen atoms in total. The Morgan fingerprint density at radius 2 is 1.80 bits per heavy atom. The summed E-state index contributed by atoms with van der Waals surface area (Å²) in [4.78, 5) is 1.31. The van der Waals surface area contributed by atoms with Gasteiger partial charge in [0.05, 0.1) is 19.7 Å². The predicted molar refractivity (Wildman–Crippen MR) is 62.1 cm³/mol. The Labute approximate surface area is 89.8 Å². The van der Waals surface area contributed by atoms with E-state index in [1.165, 1.54) is 10.3 Å². The molecule has 2 rings (SSSR count). The third-order valence-electron chi connectivity index (χ3n) is 2.55. The van der Waals surface area contributed by atoms with E-state index >= 15 is 0 Å². The molecular formula is C13H16NO+. The highest BCUT2D eigenvalue weighted by Gasteiger charge is 2.09. The summed E-state index contributed by atoms with van der Waals surface area (Å²) in [6.45, 7) is 0.840. The number of phenols is 1. The van der Waals surface area contributed by atoms with Crippen LogP contribution in [-0.4, -0.2) is 19.2 Å². The summed E-state index contributed by atoms with van der Waals surface area (Å²) < 4.78 is 0. The van der Waals surface area contributed by atoms with Crippen molar-refractivity contribution in [2.24, 2.45) is 0 Å². The smallest absolute Gasteiger partial charge is 0.125 e. The van der Waals surface area contributed by atoms with Crippen LogP contribution in [0.5, 0.6) is 5.75 Å². The Hall–Kier alpha value is -1.54. The van der Waals surface area contributed by atoms with E-state index in [1.807, 2.05) is 18.2 Å². The van der Waals surface area contributed by atoms with Gasteiger partial charge in [-0.1, -0.05) is 30.3 Å². The van der Waals surface area contributed by atoms with Crippen molar-refractivity contribution in [2.75, 3.05) is 14.1 Å². The van der Waals surface area contributed by atoms with Gasteiger partial charge in [0, 0.05) is 0 Å². The highest BCUT2D eigenvalue weighted by molar-refractivity contribution is 5.87. The molecule has 0 aromatic heterocycles. The van der Waals surface area contributed by atoms with Crippen molar-refractivity contribution in [3.8, 4) is 5.75 Å². The summed E-state index contributed by atoms with van der Waals surface area (Å²) in [5.41, 5.74) is 1.04. The van der Waals surface area contributed by atoms with Crippen molar-refractivity contribution in [1.82, 2.24) is 0 Å². The topological polar surface area (TPSA) is 24.7 Å². The van der Waals surface area contributed by atoms with E-state index in [0.29, 0.717) is 5.75 Å². The molecule has 78 valence electrons. The van der Waals surface area contributed by atoms with Gasteiger partial charge in [-0.25, -0.2) is 0 Å². The average Bonchev–Trinajstić information content (AvgIpc) is 2.22. The SMILES string of the molecule is C[NH+](C)Cc1c(O)ccc2ccccc12. The highest BCUT2D eigenvalue weighted by Crippen LogP contribution is 2.26. The summed E-state index contributed by atoms with van der Waals surface area (Å²) in [5, 5.41) is 12.2. The Bertz CT molecular complexity index is 477. The fourth-order valence-corrected chi connectivity index (χ4v) is 1.86. The molecule has 2 aromatic carbocycles. The Morgan fingerprint density at radius 1 is 1.07 bits per heavy atom. The first kappa shape index (κ1) is 9.99. The van der Waals surface area contributed by atoms with Crippen LogP contribution in [0.25, 0.3) is 10.8 Å². The van der Waals surface area contributed by atoms with Crippen LogP contribution in [0, 0.1) is 0 Å². The minimum Gasteiger partial charge on any atom is -0.507 e. The first-order chi connectivity index (χ1) is 7.18. The minimum absolute atomic E-state index is 0.398. The normalized spacial score (nSPS) is 11.1. The molecule has 0 saturated carbocycles. The van der Waals surface area contributed by atoms with Crippen LogP contribution in [0.15, 0.2) is 36.4 Å². The number of nitrogens with one attached hydrogen (secondary N) is 1. The van der Waals surface area contributed by atoms with E-state index in [2.05, 4.69) is 26.2 Å². The van der Waals surface area contributed by atoms with Gasteiger partial charge < -0.3 is 10.0 Å². The second-order valence-electron chi connectivity index (χ2n) is 4.17. The maximum Gasteiger partial charge on any atom is 0.125 e. The fraction of sp³-hybridized carbons (Fsp3) is 0.231. The van der Waals surface area contributed by atoms with Crippen LogP contribution in [-0.2, 0) is 6.54 Å². The second kappa shape index (κ2) is 3.91. The summed E-state index contributed by atoms with van der Waals surface area (Å²) in [6.07, 6.45) is 0. The molecule has 0 amide bonds. The Kier molecular flexibility index (Phi) is 2.60. The molecule has 0 unspecified atom stereocenters. The number of aromatic hydroxyl groups is 1. The summed E-state index contributed by atoms with van der Waals surface area (Å²) in [5.74, 6) is 0.398. The van der Waals surface area contributed by atoms with Crippen molar-refractivity contribution in [1.29, 1.82) is 0 Å². The van der Waals surface area contributed by atoms with Gasteiger partial charge in [0.25, 0.3) is 0 Å². The van der Waals surface area contributed by atoms with Gasteiger partial charge in [-0.05, 0) is 16.8 Å². The van der Waals surface area contributed by atoms with Crippen LogP contribution >= 0.6 is 0 Å². The van der Waals surface area contributed by atoms with E-state index in [-0.39, 0.29) is 0 Å². The first-order valence-electron chi connectivity index (χ1n) is 5.17. The molecule has 2 N–H and O–H groups in total. The van der Waals surface area contributed by atoms with E-state index in [4.69, 9.17) is 0 Å². The van der Waals surface area contributed by atoms with E-state index < -0.39 is 0 Å². The molecule has 0 aliphatic rings. The first-order valence-corrected chi connectivity index (χ1v) is 5.17. The molecular weight excluding hydrogens is 186 g/mol. The molecule has 2 aromatic rings. The third kappa shape index (κ3) is 1.95. The lowest BCUT2D eigenvalue weighted by Gasteiger charge is -2.11. The van der Waals surface area contributed by atoms with Crippen LogP contribution < -0.4 is 4.90 Å². The van der Waals surface area contributed by atoms with Crippen LogP contribution in [0.3, 0.4) is 0 Å². The molecule has 0 heterocycles. The lowest BCUT2D eigenvalue weighted by Crippen LogP contribution is -3.04. The monoisotopic (exact) mass is 202 g/mol. The Morgan fingerprint density at radius 3 is 2.53 bits per heavy atom. The van der Waals surface area contributed by atoms with Gasteiger partial charge in [-0.15, -0.1) is 0 Å². The average molecular weight is 202 g/mol. The molecule has 0 spiro atoms. The van der Waals surface area contributed by atoms with Gasteiger partial charge in [-0.2, -0.15) is 0 Å². The maximum atomic E-state index is 9.84. The zero-order chi connectivity index (χ0) is 10.8.